The Kier molecular flexibility index (Phi) is 5.88. The van der Waals surface area contributed by atoms with Crippen LogP contribution in [0.5, 0.6) is 5.75 Å². The Balaban J connectivity index is 1.27. The van der Waals surface area contributed by atoms with E-state index in [0.717, 1.165) is 38.7 Å². The number of H-pyrrole nitrogens is 2. The molecule has 7 heteroatoms. The van der Waals surface area contributed by atoms with Crippen LogP contribution in [0.15, 0.2) is 85.1 Å². The number of hydrogen-bond acceptors (Lipinski definition) is 3. The van der Waals surface area contributed by atoms with Crippen molar-refractivity contribution in [3.05, 3.63) is 102 Å². The van der Waals surface area contributed by atoms with Crippen LogP contribution in [0.1, 0.15) is 21.6 Å². The first kappa shape index (κ1) is 22.9. The van der Waals surface area contributed by atoms with Gasteiger partial charge in [-0.25, -0.2) is 0 Å². The molecule has 1 atom stereocenters. The van der Waals surface area contributed by atoms with Crippen LogP contribution in [0.4, 0.5) is 0 Å². The summed E-state index contributed by atoms with van der Waals surface area (Å²) in [5, 5.41) is 2.04. The smallest absolute Gasteiger partial charge is 0.270 e. The van der Waals surface area contributed by atoms with Gasteiger partial charge in [0.05, 0.1) is 13.2 Å². The van der Waals surface area contributed by atoms with E-state index in [2.05, 4.69) is 40.3 Å². The quantitative estimate of drug-likeness (QED) is 0.359. The van der Waals surface area contributed by atoms with E-state index in [9.17, 15) is 9.59 Å². The van der Waals surface area contributed by atoms with Crippen molar-refractivity contribution >= 4 is 33.6 Å². The maximum absolute atomic E-state index is 13.5. The second-order valence-electron chi connectivity index (χ2n) is 9.59. The van der Waals surface area contributed by atoms with E-state index in [1.165, 1.54) is 0 Å². The molecule has 2 amide bonds. The van der Waals surface area contributed by atoms with Crippen LogP contribution >= 0.6 is 0 Å². The zero-order chi connectivity index (χ0) is 25.4. The van der Waals surface area contributed by atoms with Crippen molar-refractivity contribution in [1.82, 2.24) is 19.8 Å². The lowest BCUT2D eigenvalue weighted by molar-refractivity contribution is -0.139. The molecule has 0 radical (unpaired) electrons. The lowest BCUT2D eigenvalue weighted by Gasteiger charge is -2.41. The molecule has 1 aliphatic heterocycles. The van der Waals surface area contributed by atoms with Gasteiger partial charge in [0.2, 0.25) is 5.91 Å². The molecule has 2 N–H and O–H groups in total. The van der Waals surface area contributed by atoms with Crippen LogP contribution in [0.2, 0.25) is 0 Å². The molecular weight excluding hydrogens is 464 g/mol. The molecule has 5 aromatic rings. The van der Waals surface area contributed by atoms with Crippen LogP contribution in [0.3, 0.4) is 0 Å². The first-order valence-electron chi connectivity index (χ1n) is 12.4. The number of fused-ring (bicyclic) bond motifs is 2. The topological polar surface area (TPSA) is 81.4 Å². The fraction of sp³-hybridized carbons (Fsp3) is 0.200. The number of nitrogens with one attached hydrogen (secondary N) is 2. The Morgan fingerprint density at radius 3 is 2.65 bits per heavy atom. The minimum atomic E-state index is -0.172. The average Bonchev–Trinajstić information content (AvgIpc) is 3.56. The molecule has 6 rings (SSSR count). The highest BCUT2D eigenvalue weighted by Gasteiger charge is 2.35. The number of methoxy groups -OCH3 is 1. The standard InChI is InChI=1S/C30H28N4O3/c1-37-25-9-10-26-23(15-25)16-28(32-26)30(36)33-18-24(13-20-5-3-2-4-6-20)34(29(35)19-33)17-21-7-8-22-11-12-31-27(22)14-21/h2-12,14-16,24,31-32H,13,17-19H2,1H3/t24-/m0/s1. The molecule has 3 aromatic carbocycles. The molecule has 2 aromatic heterocycles. The number of aromatic amines is 2. The summed E-state index contributed by atoms with van der Waals surface area (Å²) in [5.74, 6) is 0.508. The van der Waals surface area contributed by atoms with Crippen LogP contribution < -0.4 is 4.74 Å². The SMILES string of the molecule is COc1ccc2[nH]c(C(=O)N3CC(=O)N(Cc4ccc5cc[nH]c5c4)[C@@H](Cc4ccccc4)C3)cc2c1. The van der Waals surface area contributed by atoms with Crippen molar-refractivity contribution < 1.29 is 14.3 Å². The number of benzene rings is 3. The molecule has 0 aliphatic carbocycles. The molecule has 0 unspecified atom stereocenters. The molecule has 0 bridgehead atoms. The number of aromatic nitrogens is 2. The van der Waals surface area contributed by atoms with Crippen molar-refractivity contribution in [2.45, 2.75) is 19.0 Å². The highest BCUT2D eigenvalue weighted by molar-refractivity contribution is 6.00. The Hall–Kier alpha value is -4.52. The monoisotopic (exact) mass is 492 g/mol. The third kappa shape index (κ3) is 4.56. The Bertz CT molecular complexity index is 1590. The minimum absolute atomic E-state index is 0.0492. The molecule has 1 saturated heterocycles. The van der Waals surface area contributed by atoms with Gasteiger partial charge in [-0.3, -0.25) is 9.59 Å². The maximum Gasteiger partial charge on any atom is 0.270 e. The van der Waals surface area contributed by atoms with Gasteiger partial charge in [-0.05, 0) is 59.3 Å². The normalized spacial score (nSPS) is 16.0. The highest BCUT2D eigenvalue weighted by Crippen LogP contribution is 2.25. The van der Waals surface area contributed by atoms with E-state index in [0.29, 0.717) is 25.2 Å². The molecule has 0 saturated carbocycles. The number of carbonyl (C=O) groups is 2. The number of nitrogens with zero attached hydrogens (tertiary/aromatic N) is 2. The van der Waals surface area contributed by atoms with Crippen LogP contribution in [0, 0.1) is 0 Å². The van der Waals surface area contributed by atoms with Crippen LogP contribution in [-0.4, -0.2) is 57.8 Å². The molecule has 3 heterocycles. The molecule has 1 fully saturated rings. The highest BCUT2D eigenvalue weighted by atomic mass is 16.5. The van der Waals surface area contributed by atoms with Gasteiger partial charge in [0.1, 0.15) is 18.0 Å². The van der Waals surface area contributed by atoms with Gasteiger partial charge < -0.3 is 24.5 Å². The summed E-state index contributed by atoms with van der Waals surface area (Å²) < 4.78 is 5.31. The van der Waals surface area contributed by atoms with Gasteiger partial charge >= 0.3 is 0 Å². The Labute approximate surface area is 214 Å². The summed E-state index contributed by atoms with van der Waals surface area (Å²) in [7, 11) is 1.62. The van der Waals surface area contributed by atoms with Gasteiger partial charge in [-0.2, -0.15) is 0 Å². The van der Waals surface area contributed by atoms with Crippen molar-refractivity contribution in [2.24, 2.45) is 0 Å². The summed E-state index contributed by atoms with van der Waals surface area (Å²) in [6, 6.07) is 25.7. The van der Waals surface area contributed by atoms with E-state index < -0.39 is 0 Å². The van der Waals surface area contributed by atoms with Crippen molar-refractivity contribution in [2.75, 3.05) is 20.2 Å². The zero-order valence-electron chi connectivity index (χ0n) is 20.6. The van der Waals surface area contributed by atoms with Gasteiger partial charge in [0.25, 0.3) is 5.91 Å². The predicted octanol–water partition coefficient (Wildman–Crippen LogP) is 4.75. The number of piperazine rings is 1. The summed E-state index contributed by atoms with van der Waals surface area (Å²) in [6.07, 6.45) is 2.59. The second kappa shape index (κ2) is 9.50. The fourth-order valence-electron chi connectivity index (χ4n) is 5.22. The number of hydrogen-bond donors (Lipinski definition) is 2. The molecule has 7 nitrogen and oxygen atoms in total. The van der Waals surface area contributed by atoms with Crippen molar-refractivity contribution in [1.29, 1.82) is 0 Å². The fourth-order valence-corrected chi connectivity index (χ4v) is 5.22. The lowest BCUT2D eigenvalue weighted by Crippen LogP contribution is -2.58. The first-order chi connectivity index (χ1) is 18.1. The van der Waals surface area contributed by atoms with E-state index >= 15 is 0 Å². The molecule has 1 aliphatic rings. The van der Waals surface area contributed by atoms with E-state index in [1.54, 1.807) is 12.0 Å². The van der Waals surface area contributed by atoms with Crippen LogP contribution in [-0.2, 0) is 17.8 Å². The number of rotatable bonds is 6. The second-order valence-corrected chi connectivity index (χ2v) is 9.59. The largest absolute Gasteiger partial charge is 0.497 e. The third-order valence-corrected chi connectivity index (χ3v) is 7.15. The lowest BCUT2D eigenvalue weighted by atomic mass is 10.0. The summed E-state index contributed by atoms with van der Waals surface area (Å²) >= 11 is 0. The summed E-state index contributed by atoms with van der Waals surface area (Å²) in [5.41, 5.74) is 4.58. The Morgan fingerprint density at radius 1 is 0.946 bits per heavy atom. The van der Waals surface area contributed by atoms with Gasteiger partial charge in [-0.1, -0.05) is 42.5 Å². The predicted molar refractivity (Wildman–Crippen MR) is 144 cm³/mol. The number of carbonyl (C=O) groups excluding carboxylic acids is 2. The average molecular weight is 493 g/mol. The Morgan fingerprint density at radius 2 is 1.81 bits per heavy atom. The molecule has 37 heavy (non-hydrogen) atoms. The van der Waals surface area contributed by atoms with Gasteiger partial charge in [-0.15, -0.1) is 0 Å². The van der Waals surface area contributed by atoms with Gasteiger partial charge in [0, 0.05) is 35.7 Å². The van der Waals surface area contributed by atoms with E-state index in [-0.39, 0.29) is 24.4 Å². The summed E-state index contributed by atoms with van der Waals surface area (Å²) in [6.45, 7) is 1.01. The first-order valence-corrected chi connectivity index (χ1v) is 12.4. The van der Waals surface area contributed by atoms with Gasteiger partial charge in [0.15, 0.2) is 0 Å². The minimum Gasteiger partial charge on any atom is -0.497 e. The maximum atomic E-state index is 13.5. The third-order valence-electron chi connectivity index (χ3n) is 7.15. The molecule has 186 valence electrons. The number of ether oxygens (including phenoxy) is 1. The van der Waals surface area contributed by atoms with Crippen molar-refractivity contribution in [3.8, 4) is 5.75 Å². The van der Waals surface area contributed by atoms with E-state index in [1.807, 2.05) is 59.6 Å². The molecular formula is C30H28N4O3. The molecule has 0 spiro atoms. The summed E-state index contributed by atoms with van der Waals surface area (Å²) in [4.78, 5) is 37.1. The zero-order valence-corrected chi connectivity index (χ0v) is 20.6. The van der Waals surface area contributed by atoms with E-state index in [4.69, 9.17) is 4.74 Å². The van der Waals surface area contributed by atoms with Crippen LogP contribution in [0.25, 0.3) is 21.8 Å². The number of amides is 2. The van der Waals surface area contributed by atoms with Crippen molar-refractivity contribution in [3.63, 3.8) is 0 Å².